The van der Waals surface area contributed by atoms with E-state index in [0.29, 0.717) is 0 Å². The van der Waals surface area contributed by atoms with E-state index in [0.717, 1.165) is 18.7 Å². The summed E-state index contributed by atoms with van der Waals surface area (Å²) in [5.74, 6) is 0.348. The average molecular weight is 307 g/mol. The molecule has 23 heavy (non-hydrogen) atoms. The van der Waals surface area contributed by atoms with Gasteiger partial charge in [-0.3, -0.25) is 10.1 Å². The second kappa shape index (κ2) is 5.80. The number of piperidine rings is 1. The van der Waals surface area contributed by atoms with Crippen LogP contribution in [0.3, 0.4) is 0 Å². The second-order valence-corrected chi connectivity index (χ2v) is 6.40. The highest BCUT2D eigenvalue weighted by molar-refractivity contribution is 5.97. The number of aryl methyl sites for hydroxylation is 1. The highest BCUT2D eigenvalue weighted by atomic mass is 16.2. The number of para-hydroxylation sites is 1. The molecule has 2 heterocycles. The molecule has 2 saturated heterocycles. The van der Waals surface area contributed by atoms with Gasteiger partial charge in [0.25, 0.3) is 0 Å². The number of nitrogens with one attached hydrogen (secondary N) is 2. The number of hydrazine groups is 1. The predicted molar refractivity (Wildman–Crippen MR) is 90.9 cm³/mol. The van der Waals surface area contributed by atoms with E-state index in [1.807, 2.05) is 30.3 Å². The van der Waals surface area contributed by atoms with E-state index < -0.39 is 0 Å². The van der Waals surface area contributed by atoms with E-state index in [9.17, 15) is 4.79 Å². The molecule has 4 rings (SSSR count). The van der Waals surface area contributed by atoms with Gasteiger partial charge in [-0.1, -0.05) is 48.0 Å². The first-order valence-corrected chi connectivity index (χ1v) is 8.19. The number of carbonyl (C=O) groups excluding carboxylic acids is 1. The number of nitrogens with zero attached hydrogens (tertiary/aromatic N) is 1. The van der Waals surface area contributed by atoms with Crippen LogP contribution in [0.1, 0.15) is 23.5 Å². The van der Waals surface area contributed by atoms with Crippen molar-refractivity contribution in [2.75, 3.05) is 11.6 Å². The van der Waals surface area contributed by atoms with Crippen molar-refractivity contribution in [3.8, 4) is 0 Å². The molecule has 0 bridgehead atoms. The maximum absolute atomic E-state index is 13.0. The SMILES string of the molecule is Cc1ccc(C2CCNC3NN(c4ccccc4)C(=O)C32)cc1. The highest BCUT2D eigenvalue weighted by Gasteiger charge is 2.47. The Kier molecular flexibility index (Phi) is 3.63. The quantitative estimate of drug-likeness (QED) is 0.896. The Morgan fingerprint density at radius 3 is 2.52 bits per heavy atom. The van der Waals surface area contributed by atoms with E-state index in [1.165, 1.54) is 11.1 Å². The number of carbonyl (C=O) groups is 1. The molecule has 4 heteroatoms. The number of amides is 1. The summed E-state index contributed by atoms with van der Waals surface area (Å²) >= 11 is 0. The minimum absolute atomic E-state index is 0.00255. The number of hydrogen-bond acceptors (Lipinski definition) is 3. The Morgan fingerprint density at radius 2 is 1.78 bits per heavy atom. The van der Waals surface area contributed by atoms with Crippen molar-refractivity contribution in [2.24, 2.45) is 5.92 Å². The Labute approximate surface area is 136 Å². The lowest BCUT2D eigenvalue weighted by molar-refractivity contribution is -0.121. The molecule has 2 aromatic carbocycles. The number of rotatable bonds is 2. The molecule has 0 spiro atoms. The van der Waals surface area contributed by atoms with E-state index >= 15 is 0 Å². The average Bonchev–Trinajstić information content (AvgIpc) is 2.94. The van der Waals surface area contributed by atoms with Crippen molar-refractivity contribution in [2.45, 2.75) is 25.4 Å². The lowest BCUT2D eigenvalue weighted by atomic mass is 9.79. The molecule has 0 aromatic heterocycles. The number of benzene rings is 2. The fourth-order valence-electron chi connectivity index (χ4n) is 3.69. The third-order valence-corrected chi connectivity index (χ3v) is 4.91. The van der Waals surface area contributed by atoms with Gasteiger partial charge < -0.3 is 0 Å². The van der Waals surface area contributed by atoms with Gasteiger partial charge in [0.05, 0.1) is 17.8 Å². The first-order chi connectivity index (χ1) is 11.2. The topological polar surface area (TPSA) is 44.4 Å². The molecule has 0 aliphatic carbocycles. The van der Waals surface area contributed by atoms with Gasteiger partial charge in [-0.15, -0.1) is 0 Å². The van der Waals surface area contributed by atoms with Gasteiger partial charge in [-0.2, -0.15) is 0 Å². The molecule has 0 saturated carbocycles. The van der Waals surface area contributed by atoms with Gasteiger partial charge >= 0.3 is 0 Å². The van der Waals surface area contributed by atoms with E-state index in [1.54, 1.807) is 5.01 Å². The molecule has 2 aliphatic rings. The first-order valence-electron chi connectivity index (χ1n) is 8.19. The standard InChI is InChI=1S/C19H21N3O/c1-13-7-9-14(10-8-13)16-11-12-20-18-17(16)19(23)22(21-18)15-5-3-2-4-6-15/h2-10,16-18,20-21H,11-12H2,1H3. The monoisotopic (exact) mass is 307 g/mol. The smallest absolute Gasteiger partial charge is 0.248 e. The molecule has 3 atom stereocenters. The third kappa shape index (κ3) is 2.54. The van der Waals surface area contributed by atoms with Crippen LogP contribution < -0.4 is 15.8 Å². The maximum Gasteiger partial charge on any atom is 0.248 e. The molecule has 1 amide bonds. The van der Waals surface area contributed by atoms with Crippen LogP contribution in [0.4, 0.5) is 5.69 Å². The van der Waals surface area contributed by atoms with E-state index in [2.05, 4.69) is 41.9 Å². The minimum atomic E-state index is -0.0633. The third-order valence-electron chi connectivity index (χ3n) is 4.91. The summed E-state index contributed by atoms with van der Waals surface area (Å²) in [6, 6.07) is 18.4. The molecule has 2 aromatic rings. The van der Waals surface area contributed by atoms with Gasteiger partial charge in [0.2, 0.25) is 5.91 Å². The maximum atomic E-state index is 13.0. The minimum Gasteiger partial charge on any atom is -0.300 e. The van der Waals surface area contributed by atoms with Crippen molar-refractivity contribution in [3.63, 3.8) is 0 Å². The zero-order valence-electron chi connectivity index (χ0n) is 13.2. The Balaban J connectivity index is 1.65. The summed E-state index contributed by atoms with van der Waals surface area (Å²) in [5.41, 5.74) is 6.75. The number of hydrogen-bond donors (Lipinski definition) is 2. The molecule has 4 nitrogen and oxygen atoms in total. The molecule has 118 valence electrons. The van der Waals surface area contributed by atoms with Gasteiger partial charge in [0.15, 0.2) is 0 Å². The first kappa shape index (κ1) is 14.4. The van der Waals surface area contributed by atoms with Crippen LogP contribution in [-0.2, 0) is 4.79 Å². The van der Waals surface area contributed by atoms with Crippen LogP contribution in [0.25, 0.3) is 0 Å². The molecule has 2 fully saturated rings. The molecule has 2 N–H and O–H groups in total. The van der Waals surface area contributed by atoms with Gasteiger partial charge in [-0.25, -0.2) is 10.4 Å². The van der Waals surface area contributed by atoms with Gasteiger partial charge in [-0.05, 0) is 43.5 Å². The second-order valence-electron chi connectivity index (χ2n) is 6.40. The molecular weight excluding hydrogens is 286 g/mol. The largest absolute Gasteiger partial charge is 0.300 e. The van der Waals surface area contributed by atoms with Crippen LogP contribution in [0.5, 0.6) is 0 Å². The number of fused-ring (bicyclic) bond motifs is 1. The lowest BCUT2D eigenvalue weighted by Gasteiger charge is -2.32. The normalized spacial score (nSPS) is 27.1. The molecule has 0 radical (unpaired) electrons. The van der Waals surface area contributed by atoms with Gasteiger partial charge in [0.1, 0.15) is 0 Å². The summed E-state index contributed by atoms with van der Waals surface area (Å²) in [6.07, 6.45) is 0.989. The Morgan fingerprint density at radius 1 is 1.04 bits per heavy atom. The zero-order chi connectivity index (χ0) is 15.8. The van der Waals surface area contributed by atoms with E-state index in [-0.39, 0.29) is 23.9 Å². The van der Waals surface area contributed by atoms with Crippen molar-refractivity contribution in [1.29, 1.82) is 0 Å². The van der Waals surface area contributed by atoms with Crippen LogP contribution >= 0.6 is 0 Å². The molecule has 2 aliphatic heterocycles. The summed E-state index contributed by atoms with van der Waals surface area (Å²) in [7, 11) is 0. The number of anilines is 1. The van der Waals surface area contributed by atoms with Gasteiger partial charge in [0, 0.05) is 0 Å². The van der Waals surface area contributed by atoms with Crippen LogP contribution in [-0.4, -0.2) is 18.6 Å². The summed E-state index contributed by atoms with van der Waals surface area (Å²) in [4.78, 5) is 13.0. The van der Waals surface area contributed by atoms with Crippen LogP contribution in [0.2, 0.25) is 0 Å². The summed E-state index contributed by atoms with van der Waals surface area (Å²) in [6.45, 7) is 3.01. The van der Waals surface area contributed by atoms with Crippen molar-refractivity contribution in [1.82, 2.24) is 10.7 Å². The predicted octanol–water partition coefficient (Wildman–Crippen LogP) is 2.57. The fourth-order valence-corrected chi connectivity index (χ4v) is 3.69. The summed E-state index contributed by atoms with van der Waals surface area (Å²) in [5, 5.41) is 5.15. The Hall–Kier alpha value is -2.17. The molecular formula is C19H21N3O. The fraction of sp³-hybridized carbons (Fsp3) is 0.316. The van der Waals surface area contributed by atoms with Crippen LogP contribution in [0, 0.1) is 12.8 Å². The van der Waals surface area contributed by atoms with E-state index in [4.69, 9.17) is 0 Å². The molecule has 3 unspecified atom stereocenters. The van der Waals surface area contributed by atoms with Crippen molar-refractivity contribution < 1.29 is 4.79 Å². The van der Waals surface area contributed by atoms with Crippen molar-refractivity contribution >= 4 is 11.6 Å². The zero-order valence-corrected chi connectivity index (χ0v) is 13.2. The summed E-state index contributed by atoms with van der Waals surface area (Å²) < 4.78 is 0. The Bertz CT molecular complexity index is 698. The van der Waals surface area contributed by atoms with Crippen molar-refractivity contribution in [3.05, 3.63) is 65.7 Å². The van der Waals surface area contributed by atoms with Crippen LogP contribution in [0.15, 0.2) is 54.6 Å². The highest BCUT2D eigenvalue weighted by Crippen LogP contribution is 2.37. The lowest BCUT2D eigenvalue weighted by Crippen LogP contribution is -2.50.